The van der Waals surface area contributed by atoms with Crippen molar-refractivity contribution < 1.29 is 10.0 Å². The van der Waals surface area contributed by atoms with Crippen LogP contribution in [0.3, 0.4) is 0 Å². The summed E-state index contributed by atoms with van der Waals surface area (Å²) in [7, 11) is 0. The number of anilines is 1. The summed E-state index contributed by atoms with van der Waals surface area (Å²) in [5.41, 5.74) is 0.905. The summed E-state index contributed by atoms with van der Waals surface area (Å²) in [4.78, 5) is 10.2. The zero-order chi connectivity index (χ0) is 14.3. The normalized spacial score (nSPS) is 12.2. The number of aliphatic hydroxyl groups excluding tert-OH is 1. The van der Waals surface area contributed by atoms with E-state index in [9.17, 15) is 10.1 Å². The van der Waals surface area contributed by atoms with Gasteiger partial charge in [-0.05, 0) is 40.8 Å². The van der Waals surface area contributed by atoms with E-state index in [-0.39, 0.29) is 12.3 Å². The Morgan fingerprint density at radius 2 is 2.21 bits per heavy atom. The third-order valence-electron chi connectivity index (χ3n) is 2.98. The predicted molar refractivity (Wildman–Crippen MR) is 79.4 cm³/mol. The standard InChI is InChI=1S/C13H19BrN2O3/c1-2-3-10(6-7-17)9-15-13-5-4-11(16(18)19)8-12(13)14/h4-5,8,10,15,17H,2-3,6-7,9H2,1H3. The Bertz CT molecular complexity index is 420. The van der Waals surface area contributed by atoms with Crippen LogP contribution in [0.15, 0.2) is 22.7 Å². The quantitative estimate of drug-likeness (QED) is 0.564. The fourth-order valence-electron chi connectivity index (χ4n) is 1.95. The fraction of sp³-hybridized carbons (Fsp3) is 0.538. The third-order valence-corrected chi connectivity index (χ3v) is 3.64. The lowest BCUT2D eigenvalue weighted by Gasteiger charge is -2.17. The van der Waals surface area contributed by atoms with Crippen LogP contribution >= 0.6 is 15.9 Å². The third kappa shape index (κ3) is 5.16. The summed E-state index contributed by atoms with van der Waals surface area (Å²) in [6, 6.07) is 4.67. The first-order chi connectivity index (χ1) is 9.08. The molecule has 1 rings (SSSR count). The van der Waals surface area contributed by atoms with E-state index >= 15 is 0 Å². The number of nitro benzene ring substituents is 1. The van der Waals surface area contributed by atoms with Gasteiger partial charge in [-0.25, -0.2) is 0 Å². The highest BCUT2D eigenvalue weighted by molar-refractivity contribution is 9.10. The molecule has 106 valence electrons. The first-order valence-electron chi connectivity index (χ1n) is 6.37. The number of rotatable bonds is 8. The van der Waals surface area contributed by atoms with Gasteiger partial charge in [0.15, 0.2) is 0 Å². The predicted octanol–water partition coefficient (Wildman–Crippen LogP) is 3.57. The van der Waals surface area contributed by atoms with E-state index in [4.69, 9.17) is 5.11 Å². The van der Waals surface area contributed by atoms with Crippen molar-refractivity contribution in [2.45, 2.75) is 26.2 Å². The molecule has 0 fully saturated rings. The van der Waals surface area contributed by atoms with Gasteiger partial charge in [-0.1, -0.05) is 13.3 Å². The van der Waals surface area contributed by atoms with E-state index in [2.05, 4.69) is 28.2 Å². The summed E-state index contributed by atoms with van der Waals surface area (Å²) in [6.45, 7) is 3.06. The van der Waals surface area contributed by atoms with Crippen LogP contribution in [0, 0.1) is 16.0 Å². The van der Waals surface area contributed by atoms with Gasteiger partial charge in [0.2, 0.25) is 0 Å². The van der Waals surface area contributed by atoms with Gasteiger partial charge < -0.3 is 10.4 Å². The Labute approximate surface area is 121 Å². The summed E-state index contributed by atoms with van der Waals surface area (Å²) in [6.07, 6.45) is 2.90. The molecule has 0 bridgehead atoms. The van der Waals surface area contributed by atoms with Gasteiger partial charge in [-0.15, -0.1) is 0 Å². The number of nitrogens with one attached hydrogen (secondary N) is 1. The minimum absolute atomic E-state index is 0.0675. The molecule has 0 saturated carbocycles. The molecule has 19 heavy (non-hydrogen) atoms. The number of aliphatic hydroxyl groups is 1. The van der Waals surface area contributed by atoms with Crippen LogP contribution in [0.2, 0.25) is 0 Å². The molecular weight excluding hydrogens is 312 g/mol. The first kappa shape index (κ1) is 15.9. The molecule has 0 aliphatic heterocycles. The topological polar surface area (TPSA) is 75.4 Å². The highest BCUT2D eigenvalue weighted by atomic mass is 79.9. The Balaban J connectivity index is 2.63. The van der Waals surface area contributed by atoms with Crippen LogP contribution in [0.4, 0.5) is 11.4 Å². The van der Waals surface area contributed by atoms with E-state index in [1.807, 2.05) is 0 Å². The molecule has 2 N–H and O–H groups in total. The van der Waals surface area contributed by atoms with Crippen LogP contribution in [0.25, 0.3) is 0 Å². The van der Waals surface area contributed by atoms with Crippen molar-refractivity contribution in [3.05, 3.63) is 32.8 Å². The lowest BCUT2D eigenvalue weighted by atomic mass is 10.0. The SMILES string of the molecule is CCCC(CCO)CNc1ccc([N+](=O)[O-])cc1Br. The molecule has 0 amide bonds. The first-order valence-corrected chi connectivity index (χ1v) is 7.16. The average Bonchev–Trinajstić information content (AvgIpc) is 2.37. The summed E-state index contributed by atoms with van der Waals surface area (Å²) >= 11 is 3.33. The zero-order valence-corrected chi connectivity index (χ0v) is 12.5. The maximum absolute atomic E-state index is 10.6. The molecule has 0 saturated heterocycles. The second-order valence-corrected chi connectivity index (χ2v) is 5.32. The van der Waals surface area contributed by atoms with Crippen molar-refractivity contribution in [1.82, 2.24) is 0 Å². The second-order valence-electron chi connectivity index (χ2n) is 4.47. The van der Waals surface area contributed by atoms with Gasteiger partial charge in [-0.3, -0.25) is 10.1 Å². The maximum atomic E-state index is 10.6. The summed E-state index contributed by atoms with van der Waals surface area (Å²) in [5, 5.41) is 22.9. The van der Waals surface area contributed by atoms with Crippen molar-refractivity contribution in [3.63, 3.8) is 0 Å². The number of nitrogens with zero attached hydrogens (tertiary/aromatic N) is 1. The highest BCUT2D eigenvalue weighted by Gasteiger charge is 2.11. The van der Waals surface area contributed by atoms with E-state index in [1.165, 1.54) is 12.1 Å². The van der Waals surface area contributed by atoms with Gasteiger partial charge in [-0.2, -0.15) is 0 Å². The highest BCUT2D eigenvalue weighted by Crippen LogP contribution is 2.27. The Hall–Kier alpha value is -1.14. The average molecular weight is 331 g/mol. The van der Waals surface area contributed by atoms with Crippen LogP contribution in [0.1, 0.15) is 26.2 Å². The van der Waals surface area contributed by atoms with Gasteiger partial charge >= 0.3 is 0 Å². The van der Waals surface area contributed by atoms with Crippen LogP contribution in [-0.2, 0) is 0 Å². The van der Waals surface area contributed by atoms with Gasteiger partial charge in [0.1, 0.15) is 0 Å². The molecule has 1 aromatic rings. The Morgan fingerprint density at radius 1 is 1.47 bits per heavy atom. The maximum Gasteiger partial charge on any atom is 0.270 e. The van der Waals surface area contributed by atoms with E-state index < -0.39 is 4.92 Å². The van der Waals surface area contributed by atoms with Crippen molar-refractivity contribution in [2.75, 3.05) is 18.5 Å². The monoisotopic (exact) mass is 330 g/mol. The molecule has 1 aromatic carbocycles. The molecule has 0 aromatic heterocycles. The van der Waals surface area contributed by atoms with E-state index in [0.29, 0.717) is 10.4 Å². The molecule has 0 heterocycles. The van der Waals surface area contributed by atoms with Crippen LogP contribution in [-0.4, -0.2) is 23.2 Å². The molecule has 0 spiro atoms. The molecule has 1 atom stereocenters. The van der Waals surface area contributed by atoms with E-state index in [1.54, 1.807) is 6.07 Å². The molecular formula is C13H19BrN2O3. The van der Waals surface area contributed by atoms with E-state index in [0.717, 1.165) is 31.5 Å². The molecule has 6 heteroatoms. The van der Waals surface area contributed by atoms with Gasteiger partial charge in [0.05, 0.1) is 4.92 Å². The van der Waals surface area contributed by atoms with Crippen molar-refractivity contribution in [3.8, 4) is 0 Å². The Kier molecular flexibility index (Phi) is 6.80. The van der Waals surface area contributed by atoms with Crippen molar-refractivity contribution in [1.29, 1.82) is 0 Å². The van der Waals surface area contributed by atoms with Crippen molar-refractivity contribution >= 4 is 27.3 Å². The van der Waals surface area contributed by atoms with Crippen LogP contribution in [0.5, 0.6) is 0 Å². The minimum atomic E-state index is -0.416. The largest absolute Gasteiger partial charge is 0.396 e. The smallest absolute Gasteiger partial charge is 0.270 e. The molecule has 0 aliphatic rings. The van der Waals surface area contributed by atoms with Gasteiger partial charge in [0, 0.05) is 35.4 Å². The Morgan fingerprint density at radius 3 is 2.74 bits per heavy atom. The number of halogens is 1. The summed E-state index contributed by atoms with van der Waals surface area (Å²) in [5.74, 6) is 0.414. The number of benzene rings is 1. The number of hydrogen-bond acceptors (Lipinski definition) is 4. The lowest BCUT2D eigenvalue weighted by Crippen LogP contribution is -2.15. The van der Waals surface area contributed by atoms with Crippen LogP contribution < -0.4 is 5.32 Å². The minimum Gasteiger partial charge on any atom is -0.396 e. The van der Waals surface area contributed by atoms with Gasteiger partial charge in [0.25, 0.3) is 5.69 Å². The molecule has 0 aliphatic carbocycles. The molecule has 5 nitrogen and oxygen atoms in total. The fourth-order valence-corrected chi connectivity index (χ4v) is 2.46. The zero-order valence-electron chi connectivity index (χ0n) is 10.9. The molecule has 1 unspecified atom stereocenters. The number of non-ortho nitro benzene ring substituents is 1. The number of hydrogen-bond donors (Lipinski definition) is 2. The van der Waals surface area contributed by atoms with Crippen molar-refractivity contribution in [2.24, 2.45) is 5.92 Å². The summed E-state index contributed by atoms with van der Waals surface area (Å²) < 4.78 is 0.681. The second kappa shape index (κ2) is 8.12. The molecule has 0 radical (unpaired) electrons. The lowest BCUT2D eigenvalue weighted by molar-refractivity contribution is -0.384. The number of nitro groups is 1.